The highest BCUT2D eigenvalue weighted by atomic mass is 79.9. The lowest BCUT2D eigenvalue weighted by Gasteiger charge is -2.35. The summed E-state index contributed by atoms with van der Waals surface area (Å²) in [6.45, 7) is 1.08. The number of carboxylic acid groups (broad SMARTS) is 1. The van der Waals surface area contributed by atoms with E-state index in [1.54, 1.807) is 6.07 Å². The first kappa shape index (κ1) is 13.7. The van der Waals surface area contributed by atoms with Gasteiger partial charge in [0.05, 0.1) is 12.6 Å². The van der Waals surface area contributed by atoms with Gasteiger partial charge in [0.25, 0.3) is 0 Å². The molecule has 1 fully saturated rings. The van der Waals surface area contributed by atoms with Crippen molar-refractivity contribution in [2.75, 3.05) is 13.2 Å². The summed E-state index contributed by atoms with van der Waals surface area (Å²) in [5, 5.41) is 19.5. The van der Waals surface area contributed by atoms with E-state index >= 15 is 0 Å². The Balaban J connectivity index is 2.02. The minimum absolute atomic E-state index is 0.185. The first-order valence-electron chi connectivity index (χ1n) is 6.71. The lowest BCUT2D eigenvalue weighted by molar-refractivity contribution is -0.00982. The summed E-state index contributed by atoms with van der Waals surface area (Å²) in [6.07, 6.45) is 1.02. The van der Waals surface area contributed by atoms with Gasteiger partial charge in [-0.15, -0.1) is 0 Å². The number of nitrogens with zero attached hydrogens (tertiary/aromatic N) is 1. The van der Waals surface area contributed by atoms with Crippen molar-refractivity contribution < 1.29 is 19.7 Å². The molecule has 1 aromatic rings. The van der Waals surface area contributed by atoms with Gasteiger partial charge in [-0.25, -0.2) is 4.79 Å². The van der Waals surface area contributed by atoms with Crippen LogP contribution in [0, 0.1) is 0 Å². The number of fused-ring (bicyclic) bond motifs is 1. The first-order chi connectivity index (χ1) is 9.59. The van der Waals surface area contributed by atoms with Crippen molar-refractivity contribution in [3.05, 3.63) is 27.7 Å². The number of hydrogen-bond donors (Lipinski definition) is 2. The smallest absolute Gasteiger partial charge is 0.407 e. The number of halogens is 1. The number of hydrogen-bond acceptors (Lipinski definition) is 3. The summed E-state index contributed by atoms with van der Waals surface area (Å²) >= 11 is 3.50. The maximum absolute atomic E-state index is 11.3. The van der Waals surface area contributed by atoms with Crippen LogP contribution in [0.2, 0.25) is 0 Å². The second-order valence-corrected chi connectivity index (χ2v) is 6.04. The summed E-state index contributed by atoms with van der Waals surface area (Å²) in [6, 6.07) is 3.23. The standard InChI is InChI=1S/C14H16BrNO4/c15-9-3-4-11(17)12-8(9)5-7-20-13(12)10-2-1-6-16(10)14(18)19/h3-4,10,13,17H,1-2,5-7H2,(H,18,19)/t10-,13?/m0/s1. The molecule has 2 N–H and O–H groups in total. The molecule has 2 aliphatic heterocycles. The highest BCUT2D eigenvalue weighted by Crippen LogP contribution is 2.43. The molecule has 0 spiro atoms. The van der Waals surface area contributed by atoms with Crippen LogP contribution in [-0.2, 0) is 11.2 Å². The predicted octanol–water partition coefficient (Wildman–Crippen LogP) is 2.91. The number of benzene rings is 1. The van der Waals surface area contributed by atoms with Gasteiger partial charge in [-0.3, -0.25) is 0 Å². The van der Waals surface area contributed by atoms with Gasteiger partial charge >= 0.3 is 6.09 Å². The van der Waals surface area contributed by atoms with Crippen LogP contribution < -0.4 is 0 Å². The largest absolute Gasteiger partial charge is 0.508 e. The zero-order valence-corrected chi connectivity index (χ0v) is 12.5. The summed E-state index contributed by atoms with van der Waals surface area (Å²) in [7, 11) is 0. The third-order valence-corrected chi connectivity index (χ3v) is 4.85. The van der Waals surface area contributed by atoms with E-state index in [0.29, 0.717) is 13.2 Å². The van der Waals surface area contributed by atoms with Crippen LogP contribution in [0.25, 0.3) is 0 Å². The van der Waals surface area contributed by atoms with Gasteiger partial charge in [-0.05, 0) is 37.0 Å². The fourth-order valence-corrected chi connectivity index (χ4v) is 3.76. The molecule has 1 amide bonds. The molecule has 5 nitrogen and oxygen atoms in total. The van der Waals surface area contributed by atoms with Crippen molar-refractivity contribution in [3.8, 4) is 5.75 Å². The van der Waals surface area contributed by atoms with E-state index in [9.17, 15) is 15.0 Å². The van der Waals surface area contributed by atoms with Gasteiger partial charge in [0.15, 0.2) is 0 Å². The molecule has 0 saturated carbocycles. The Labute approximate surface area is 125 Å². The van der Waals surface area contributed by atoms with Crippen LogP contribution in [0.4, 0.5) is 4.79 Å². The van der Waals surface area contributed by atoms with Crippen molar-refractivity contribution in [3.63, 3.8) is 0 Å². The van der Waals surface area contributed by atoms with Crippen molar-refractivity contribution in [2.45, 2.75) is 31.4 Å². The van der Waals surface area contributed by atoms with E-state index in [-0.39, 0.29) is 17.9 Å². The third-order valence-electron chi connectivity index (χ3n) is 4.11. The number of likely N-dealkylation sites (tertiary alicyclic amines) is 1. The monoisotopic (exact) mass is 341 g/mol. The van der Waals surface area contributed by atoms with E-state index in [1.807, 2.05) is 6.07 Å². The molecule has 0 bridgehead atoms. The molecule has 1 aromatic carbocycles. The Kier molecular flexibility index (Phi) is 3.60. The van der Waals surface area contributed by atoms with E-state index in [1.165, 1.54) is 4.90 Å². The highest BCUT2D eigenvalue weighted by Gasteiger charge is 2.40. The minimum atomic E-state index is -0.919. The van der Waals surface area contributed by atoms with Crippen LogP contribution in [0.1, 0.15) is 30.1 Å². The van der Waals surface area contributed by atoms with Crippen molar-refractivity contribution in [1.82, 2.24) is 4.90 Å². The molecule has 1 unspecified atom stereocenters. The van der Waals surface area contributed by atoms with Crippen LogP contribution >= 0.6 is 15.9 Å². The molecule has 1 saturated heterocycles. The second kappa shape index (κ2) is 5.26. The molecule has 6 heteroatoms. The Bertz CT molecular complexity index is 548. The van der Waals surface area contributed by atoms with E-state index in [2.05, 4.69) is 15.9 Å². The molecule has 2 heterocycles. The van der Waals surface area contributed by atoms with E-state index in [4.69, 9.17) is 4.74 Å². The second-order valence-electron chi connectivity index (χ2n) is 5.19. The van der Waals surface area contributed by atoms with Gasteiger partial charge < -0.3 is 19.8 Å². The fourth-order valence-electron chi connectivity index (χ4n) is 3.22. The SMILES string of the molecule is O=C(O)N1CCC[C@H]1C1OCCc2c(Br)ccc(O)c21. The Hall–Kier alpha value is -1.27. The van der Waals surface area contributed by atoms with Crippen molar-refractivity contribution >= 4 is 22.0 Å². The van der Waals surface area contributed by atoms with Crippen molar-refractivity contribution in [1.29, 1.82) is 0 Å². The molecule has 20 heavy (non-hydrogen) atoms. The lowest BCUT2D eigenvalue weighted by Crippen LogP contribution is -2.40. The van der Waals surface area contributed by atoms with Gasteiger partial charge in [0.1, 0.15) is 11.9 Å². The maximum Gasteiger partial charge on any atom is 0.407 e. The summed E-state index contributed by atoms with van der Waals surface area (Å²) in [5.74, 6) is 0.185. The molecular formula is C14H16BrNO4. The molecule has 0 aliphatic carbocycles. The Morgan fingerprint density at radius 3 is 3.00 bits per heavy atom. The molecule has 2 aliphatic rings. The number of carbonyl (C=O) groups is 1. The van der Waals surface area contributed by atoms with Gasteiger partial charge in [0, 0.05) is 16.6 Å². The normalized spacial score (nSPS) is 25.6. The molecule has 108 valence electrons. The van der Waals surface area contributed by atoms with Crippen molar-refractivity contribution in [2.24, 2.45) is 0 Å². The van der Waals surface area contributed by atoms with E-state index < -0.39 is 6.09 Å². The molecular weight excluding hydrogens is 326 g/mol. The summed E-state index contributed by atoms with van der Waals surface area (Å²) in [4.78, 5) is 12.7. The minimum Gasteiger partial charge on any atom is -0.508 e. The number of aromatic hydroxyl groups is 1. The average Bonchev–Trinajstić information content (AvgIpc) is 2.92. The molecule has 0 aromatic heterocycles. The van der Waals surface area contributed by atoms with Crippen LogP contribution in [0.15, 0.2) is 16.6 Å². The average molecular weight is 342 g/mol. The predicted molar refractivity (Wildman–Crippen MR) is 76.0 cm³/mol. The van der Waals surface area contributed by atoms with Gasteiger partial charge in [-0.2, -0.15) is 0 Å². The zero-order chi connectivity index (χ0) is 14.3. The van der Waals surface area contributed by atoms with Crippen LogP contribution in [0.5, 0.6) is 5.75 Å². The molecule has 2 atom stereocenters. The number of rotatable bonds is 1. The van der Waals surface area contributed by atoms with Crippen LogP contribution in [-0.4, -0.2) is 40.4 Å². The molecule has 3 rings (SSSR count). The topological polar surface area (TPSA) is 70.0 Å². The van der Waals surface area contributed by atoms with Gasteiger partial charge in [-0.1, -0.05) is 15.9 Å². The summed E-state index contributed by atoms with van der Waals surface area (Å²) in [5.41, 5.74) is 1.77. The Morgan fingerprint density at radius 2 is 2.25 bits per heavy atom. The fraction of sp³-hybridized carbons (Fsp3) is 0.500. The first-order valence-corrected chi connectivity index (χ1v) is 7.50. The highest BCUT2D eigenvalue weighted by molar-refractivity contribution is 9.10. The quantitative estimate of drug-likeness (QED) is 0.823. The summed E-state index contributed by atoms with van der Waals surface area (Å²) < 4.78 is 6.76. The van der Waals surface area contributed by atoms with Crippen LogP contribution in [0.3, 0.4) is 0 Å². The number of amides is 1. The Morgan fingerprint density at radius 1 is 1.45 bits per heavy atom. The number of ether oxygens (including phenoxy) is 1. The number of phenols is 1. The third kappa shape index (κ3) is 2.16. The maximum atomic E-state index is 11.3. The zero-order valence-electron chi connectivity index (χ0n) is 10.9. The van der Waals surface area contributed by atoms with E-state index in [0.717, 1.165) is 34.9 Å². The number of phenolic OH excluding ortho intramolecular Hbond substituents is 1. The molecule has 0 radical (unpaired) electrons. The van der Waals surface area contributed by atoms with Gasteiger partial charge in [0.2, 0.25) is 0 Å². The lowest BCUT2D eigenvalue weighted by atomic mass is 9.91.